The van der Waals surface area contributed by atoms with Gasteiger partial charge in [0.2, 0.25) is 0 Å². The molecule has 1 aromatic heterocycles. The van der Waals surface area contributed by atoms with Crippen LogP contribution in [0.25, 0.3) is 0 Å². The van der Waals surface area contributed by atoms with E-state index in [1.165, 1.54) is 0 Å². The second kappa shape index (κ2) is 8.66. The van der Waals surface area contributed by atoms with Crippen LogP contribution in [-0.4, -0.2) is 54.8 Å². The van der Waals surface area contributed by atoms with Crippen molar-refractivity contribution in [2.24, 2.45) is 0 Å². The van der Waals surface area contributed by atoms with Crippen LogP contribution in [0.3, 0.4) is 0 Å². The molecule has 26 heavy (non-hydrogen) atoms. The van der Waals surface area contributed by atoms with Gasteiger partial charge >= 0.3 is 0 Å². The normalized spacial score (nSPS) is 14.8. The molecule has 1 aliphatic rings. The molecule has 0 saturated carbocycles. The molecule has 1 fully saturated rings. The van der Waals surface area contributed by atoms with E-state index >= 15 is 0 Å². The Balaban J connectivity index is 1.52. The monoisotopic (exact) mass is 359 g/mol. The van der Waals surface area contributed by atoms with Gasteiger partial charge in [-0.2, -0.15) is 0 Å². The second-order valence-electron chi connectivity index (χ2n) is 6.26. The van der Waals surface area contributed by atoms with Crippen molar-refractivity contribution in [3.63, 3.8) is 0 Å². The van der Waals surface area contributed by atoms with Gasteiger partial charge in [-0.25, -0.2) is 4.68 Å². The number of hydrogen-bond donors (Lipinski definition) is 2. The smallest absolute Gasteiger partial charge is 0.273 e. The number of hydrogen-bond acceptors (Lipinski definition) is 6. The summed E-state index contributed by atoms with van der Waals surface area (Å²) in [4.78, 5) is 12.3. The van der Waals surface area contributed by atoms with E-state index in [1.54, 1.807) is 20.4 Å². The van der Waals surface area contributed by atoms with Crippen LogP contribution in [0.5, 0.6) is 11.5 Å². The Morgan fingerprint density at radius 1 is 1.27 bits per heavy atom. The molecule has 8 nitrogen and oxygen atoms in total. The van der Waals surface area contributed by atoms with E-state index in [9.17, 15) is 4.79 Å². The molecule has 0 atom stereocenters. The van der Waals surface area contributed by atoms with Crippen molar-refractivity contribution in [1.82, 2.24) is 25.6 Å². The van der Waals surface area contributed by atoms with Crippen molar-refractivity contribution < 1.29 is 14.3 Å². The number of rotatable bonds is 7. The third kappa shape index (κ3) is 4.32. The molecule has 1 aromatic carbocycles. The molecule has 2 heterocycles. The highest BCUT2D eigenvalue weighted by atomic mass is 16.5. The molecule has 3 rings (SSSR count). The molecule has 0 spiro atoms. The molecule has 2 N–H and O–H groups in total. The fraction of sp³-hybridized carbons (Fsp3) is 0.500. The van der Waals surface area contributed by atoms with Crippen molar-refractivity contribution in [3.05, 3.63) is 35.7 Å². The van der Waals surface area contributed by atoms with E-state index in [0.29, 0.717) is 36.2 Å². The third-order valence-electron chi connectivity index (χ3n) is 4.57. The molecule has 2 aromatic rings. The summed E-state index contributed by atoms with van der Waals surface area (Å²) in [5.74, 6) is 1.17. The Labute approximate surface area is 152 Å². The van der Waals surface area contributed by atoms with Gasteiger partial charge in [-0.15, -0.1) is 5.10 Å². The number of nitrogens with one attached hydrogen (secondary N) is 2. The van der Waals surface area contributed by atoms with Gasteiger partial charge in [0.25, 0.3) is 5.91 Å². The molecule has 1 saturated heterocycles. The number of benzene rings is 1. The minimum Gasteiger partial charge on any atom is -0.493 e. The van der Waals surface area contributed by atoms with Crippen molar-refractivity contribution in [3.8, 4) is 11.5 Å². The summed E-state index contributed by atoms with van der Waals surface area (Å²) in [5.41, 5.74) is 1.41. The van der Waals surface area contributed by atoms with Crippen molar-refractivity contribution in [1.29, 1.82) is 0 Å². The average molecular weight is 359 g/mol. The first-order valence-electron chi connectivity index (χ1n) is 8.83. The highest BCUT2D eigenvalue weighted by Gasteiger charge is 2.18. The van der Waals surface area contributed by atoms with Crippen LogP contribution in [0.4, 0.5) is 0 Å². The number of piperidine rings is 1. The topological polar surface area (TPSA) is 90.3 Å². The fourth-order valence-corrected chi connectivity index (χ4v) is 3.08. The van der Waals surface area contributed by atoms with Crippen LogP contribution >= 0.6 is 0 Å². The van der Waals surface area contributed by atoms with Gasteiger partial charge in [-0.1, -0.05) is 11.3 Å². The zero-order valence-corrected chi connectivity index (χ0v) is 15.2. The number of aromatic nitrogens is 3. The van der Waals surface area contributed by atoms with E-state index in [0.717, 1.165) is 31.5 Å². The minimum absolute atomic E-state index is 0.203. The fourth-order valence-electron chi connectivity index (χ4n) is 3.08. The summed E-state index contributed by atoms with van der Waals surface area (Å²) in [6, 6.07) is 6.05. The molecule has 0 aliphatic carbocycles. The van der Waals surface area contributed by atoms with Gasteiger partial charge in [0.05, 0.1) is 26.5 Å². The Morgan fingerprint density at radius 3 is 2.77 bits per heavy atom. The molecule has 8 heteroatoms. The van der Waals surface area contributed by atoms with E-state index < -0.39 is 0 Å². The Hall–Kier alpha value is -2.61. The van der Waals surface area contributed by atoms with Crippen molar-refractivity contribution >= 4 is 5.91 Å². The maximum absolute atomic E-state index is 12.3. The third-order valence-corrected chi connectivity index (χ3v) is 4.57. The van der Waals surface area contributed by atoms with Gasteiger partial charge in [-0.05, 0) is 50.0 Å². The van der Waals surface area contributed by atoms with Crippen LogP contribution in [0.15, 0.2) is 24.4 Å². The zero-order chi connectivity index (χ0) is 18.4. The Kier molecular flexibility index (Phi) is 6.06. The lowest BCUT2D eigenvalue weighted by molar-refractivity contribution is 0.0949. The summed E-state index contributed by atoms with van der Waals surface area (Å²) in [6.07, 6.45) is 4.43. The minimum atomic E-state index is -0.203. The molecule has 0 radical (unpaired) electrons. The lowest BCUT2D eigenvalue weighted by Gasteiger charge is -2.22. The number of amides is 1. The van der Waals surface area contributed by atoms with Gasteiger partial charge in [0.15, 0.2) is 17.2 Å². The summed E-state index contributed by atoms with van der Waals surface area (Å²) in [7, 11) is 3.21. The number of carbonyl (C=O) groups is 1. The molecular formula is C18H25N5O3. The van der Waals surface area contributed by atoms with Crippen LogP contribution in [0, 0.1) is 0 Å². The molecule has 140 valence electrons. The predicted octanol–water partition coefficient (Wildman–Crippen LogP) is 1.19. The van der Waals surface area contributed by atoms with E-state index in [-0.39, 0.29) is 5.91 Å². The SMILES string of the molecule is COc1ccc(CCNC(=O)c2cn(C3CCNCC3)nn2)cc1OC. The van der Waals surface area contributed by atoms with Gasteiger partial charge in [0.1, 0.15) is 0 Å². The van der Waals surface area contributed by atoms with Crippen LogP contribution in [0.1, 0.15) is 34.9 Å². The number of nitrogens with zero attached hydrogens (tertiary/aromatic N) is 3. The lowest BCUT2D eigenvalue weighted by atomic mass is 10.1. The quantitative estimate of drug-likeness (QED) is 0.772. The Morgan fingerprint density at radius 2 is 2.04 bits per heavy atom. The van der Waals surface area contributed by atoms with Crippen LogP contribution < -0.4 is 20.1 Å². The van der Waals surface area contributed by atoms with Crippen LogP contribution in [-0.2, 0) is 6.42 Å². The average Bonchev–Trinajstić information content (AvgIpc) is 3.19. The zero-order valence-electron chi connectivity index (χ0n) is 15.2. The molecule has 1 amide bonds. The van der Waals surface area contributed by atoms with Crippen LogP contribution in [0.2, 0.25) is 0 Å². The van der Waals surface area contributed by atoms with E-state index in [4.69, 9.17) is 9.47 Å². The first-order chi connectivity index (χ1) is 12.7. The number of ether oxygens (including phenoxy) is 2. The molecule has 1 aliphatic heterocycles. The molecule has 0 bridgehead atoms. The van der Waals surface area contributed by atoms with Crippen molar-refractivity contribution in [2.75, 3.05) is 33.9 Å². The summed E-state index contributed by atoms with van der Waals surface area (Å²) >= 11 is 0. The summed E-state index contributed by atoms with van der Waals surface area (Å²) in [6.45, 7) is 2.45. The maximum atomic E-state index is 12.3. The largest absolute Gasteiger partial charge is 0.493 e. The molecule has 0 unspecified atom stereocenters. The highest BCUT2D eigenvalue weighted by molar-refractivity contribution is 5.91. The summed E-state index contributed by atoms with van der Waals surface area (Å²) in [5, 5.41) is 14.3. The summed E-state index contributed by atoms with van der Waals surface area (Å²) < 4.78 is 12.3. The van der Waals surface area contributed by atoms with Gasteiger partial charge < -0.3 is 20.1 Å². The lowest BCUT2D eigenvalue weighted by Crippen LogP contribution is -2.29. The van der Waals surface area contributed by atoms with E-state index in [2.05, 4.69) is 20.9 Å². The van der Waals surface area contributed by atoms with E-state index in [1.807, 2.05) is 22.9 Å². The number of methoxy groups -OCH3 is 2. The van der Waals surface area contributed by atoms with Crippen molar-refractivity contribution in [2.45, 2.75) is 25.3 Å². The first-order valence-corrected chi connectivity index (χ1v) is 8.83. The van der Waals surface area contributed by atoms with Gasteiger partial charge in [-0.3, -0.25) is 4.79 Å². The molecular weight excluding hydrogens is 334 g/mol. The first kappa shape index (κ1) is 18.2. The highest BCUT2D eigenvalue weighted by Crippen LogP contribution is 2.27. The second-order valence-corrected chi connectivity index (χ2v) is 6.26. The maximum Gasteiger partial charge on any atom is 0.273 e. The predicted molar refractivity (Wildman–Crippen MR) is 96.7 cm³/mol. The number of carbonyl (C=O) groups excluding carboxylic acids is 1. The van der Waals surface area contributed by atoms with Gasteiger partial charge in [0, 0.05) is 6.54 Å². The standard InChI is InChI=1S/C18H25N5O3/c1-25-16-4-3-13(11-17(16)26-2)5-10-20-18(24)15-12-23(22-21-15)14-6-8-19-9-7-14/h3-4,11-12,14,19H,5-10H2,1-2H3,(H,20,24). The Bertz CT molecular complexity index is 740.